The zero-order chi connectivity index (χ0) is 30.9. The summed E-state index contributed by atoms with van der Waals surface area (Å²) >= 11 is 3.30. The molecule has 0 rings (SSSR count). The summed E-state index contributed by atoms with van der Waals surface area (Å²) in [7, 11) is 0. The van der Waals surface area contributed by atoms with Crippen molar-refractivity contribution in [3.63, 3.8) is 0 Å². The maximum Gasteiger partial charge on any atom is 0.393 e. The van der Waals surface area contributed by atoms with Gasteiger partial charge in [0.15, 0.2) is 0 Å². The van der Waals surface area contributed by atoms with Gasteiger partial charge in [-0.15, -0.1) is 0 Å². The average molecular weight is 622 g/mol. The lowest BCUT2D eigenvalue weighted by atomic mass is 9.86. The van der Waals surface area contributed by atoms with E-state index in [2.05, 4.69) is 11.6 Å². The molecule has 0 bridgehead atoms. The lowest BCUT2D eigenvalue weighted by molar-refractivity contribution is -0.464. The molecular weight excluding hydrogens is 614 g/mol. The fraction of sp³-hybridized carbons (Fsp3) is 0.929. The third kappa shape index (κ3) is 4.51. The number of hydrogen-bond acceptors (Lipinski definition) is 1. The minimum atomic E-state index is -9.15. The van der Waals surface area contributed by atoms with Crippen LogP contribution in [0.25, 0.3) is 0 Å². The van der Waals surface area contributed by atoms with Gasteiger partial charge >= 0.3 is 58.7 Å². The molecule has 0 radical (unpaired) electrons. The van der Waals surface area contributed by atoms with Crippen LogP contribution in [0.1, 0.15) is 13.8 Å². The van der Waals surface area contributed by atoms with Crippen molar-refractivity contribution in [2.24, 2.45) is 0 Å². The highest BCUT2D eigenvalue weighted by atomic mass is 35.5. The van der Waals surface area contributed by atoms with Crippen molar-refractivity contribution >= 4 is 17.5 Å². The summed E-state index contributed by atoms with van der Waals surface area (Å²) in [4.78, 5) is 11.0. The Balaban J connectivity index is 7.08. The van der Waals surface area contributed by atoms with Crippen molar-refractivity contribution < 1.29 is 92.6 Å². The summed E-state index contributed by atoms with van der Waals surface area (Å²) in [5, 5.41) is -6.37. The third-order valence-electron chi connectivity index (χ3n) is 4.22. The Bertz CT molecular complexity index is 860. The van der Waals surface area contributed by atoms with Crippen LogP contribution >= 0.6 is 11.6 Å². The molecule has 2 nitrogen and oxygen atoms in total. The van der Waals surface area contributed by atoms with Crippen molar-refractivity contribution in [1.29, 1.82) is 0 Å². The molecule has 0 heterocycles. The maximum atomic E-state index is 13.6. The Morgan fingerprint density at radius 1 is 0.486 bits per heavy atom. The Morgan fingerprint density at radius 3 is 0.919 bits per heavy atom. The lowest BCUT2D eigenvalue weighted by Gasteiger charge is -2.44. The second-order valence-corrected chi connectivity index (χ2v) is 7.77. The summed E-state index contributed by atoms with van der Waals surface area (Å²) in [6.07, 6.45) is 0. The van der Waals surface area contributed by atoms with Crippen LogP contribution in [0.2, 0.25) is 0 Å². The Morgan fingerprint density at radius 2 is 0.703 bits per heavy atom. The van der Waals surface area contributed by atoms with E-state index in [1.165, 1.54) is 0 Å². The van der Waals surface area contributed by atoms with E-state index in [1.807, 2.05) is 0 Å². The molecule has 0 saturated carbocycles. The van der Waals surface area contributed by atoms with E-state index in [9.17, 15) is 92.6 Å². The predicted octanol–water partition coefficient (Wildman–Crippen LogP) is 7.06. The molecule has 1 N–H and O–H groups in total. The molecule has 37 heavy (non-hydrogen) atoms. The lowest BCUT2D eigenvalue weighted by Crippen LogP contribution is -2.77. The number of alkyl halides is 21. The highest BCUT2D eigenvalue weighted by molar-refractivity contribution is 6.22. The Labute approximate surface area is 195 Å². The molecule has 1 amide bonds. The molecule has 0 unspecified atom stereocenters. The monoisotopic (exact) mass is 621 g/mol. The quantitative estimate of drug-likeness (QED) is 0.194. The van der Waals surface area contributed by atoms with Crippen LogP contribution in [-0.4, -0.2) is 70.6 Å². The molecule has 0 atom stereocenters. The van der Waals surface area contributed by atoms with Crippen molar-refractivity contribution in [3.05, 3.63) is 0 Å². The molecule has 0 aromatic heterocycles. The van der Waals surface area contributed by atoms with Crippen LogP contribution in [0.15, 0.2) is 0 Å². The zero-order valence-corrected chi connectivity index (χ0v) is 17.7. The van der Waals surface area contributed by atoms with Crippen molar-refractivity contribution in [3.8, 4) is 0 Å². The minimum Gasteiger partial charge on any atom is -0.348 e. The summed E-state index contributed by atoms with van der Waals surface area (Å²) < 4.78 is 267. The van der Waals surface area contributed by atoms with E-state index in [0.717, 1.165) is 0 Å². The molecule has 0 aliphatic heterocycles. The van der Waals surface area contributed by atoms with E-state index in [0.29, 0.717) is 19.2 Å². The Kier molecular flexibility index (Phi) is 8.55. The molecule has 0 saturated heterocycles. The highest BCUT2D eigenvalue weighted by Crippen LogP contribution is 2.66. The third-order valence-corrected chi connectivity index (χ3v) is 4.45. The molecular formula is C14H8ClF20NO. The van der Waals surface area contributed by atoms with Gasteiger partial charge in [-0.2, -0.15) is 87.8 Å². The SMILES string of the molecule is CC(C)NC(=O)C(F)(F)C(F)(F)C(F)(F)C(F)(F)C(F)(F)C(F)(F)C(F)(F)C(F)(F)C(F)(F)C(F)(F)Cl. The van der Waals surface area contributed by atoms with Gasteiger partial charge < -0.3 is 5.32 Å². The summed E-state index contributed by atoms with van der Waals surface area (Å²) in [6.45, 7) is 1.27. The smallest absolute Gasteiger partial charge is 0.348 e. The topological polar surface area (TPSA) is 29.1 Å². The number of halogens is 21. The molecule has 0 aromatic carbocycles. The zero-order valence-electron chi connectivity index (χ0n) is 16.9. The van der Waals surface area contributed by atoms with Crippen LogP contribution < -0.4 is 5.32 Å². The summed E-state index contributed by atoms with van der Waals surface area (Å²) in [5.41, 5.74) is 0. The van der Waals surface area contributed by atoms with E-state index >= 15 is 0 Å². The number of carbonyl (C=O) groups excluding carboxylic acids is 1. The van der Waals surface area contributed by atoms with Gasteiger partial charge in [-0.1, -0.05) is 0 Å². The van der Waals surface area contributed by atoms with Crippen LogP contribution in [-0.2, 0) is 4.79 Å². The molecule has 0 spiro atoms. The Hall–Kier alpha value is -1.64. The van der Waals surface area contributed by atoms with Gasteiger partial charge in [0, 0.05) is 6.04 Å². The van der Waals surface area contributed by atoms with Gasteiger partial charge in [-0.25, -0.2) is 0 Å². The van der Waals surface area contributed by atoms with Gasteiger partial charge in [0.05, 0.1) is 0 Å². The number of carbonyl (C=O) groups is 1. The van der Waals surface area contributed by atoms with Gasteiger partial charge in [-0.3, -0.25) is 4.79 Å². The predicted molar refractivity (Wildman–Crippen MR) is 78.6 cm³/mol. The van der Waals surface area contributed by atoms with Crippen LogP contribution in [0.3, 0.4) is 0 Å². The number of rotatable bonds is 11. The highest BCUT2D eigenvalue weighted by Gasteiger charge is 2.97. The van der Waals surface area contributed by atoms with Gasteiger partial charge in [0.25, 0.3) is 5.91 Å². The first-order valence-corrected chi connectivity index (χ1v) is 8.74. The molecule has 23 heteroatoms. The summed E-state index contributed by atoms with van der Waals surface area (Å²) in [6, 6.07) is -1.71. The molecule has 0 fully saturated rings. The van der Waals surface area contributed by atoms with Crippen LogP contribution in [0.5, 0.6) is 0 Å². The molecule has 222 valence electrons. The van der Waals surface area contributed by atoms with E-state index in [1.54, 1.807) is 0 Å². The largest absolute Gasteiger partial charge is 0.393 e. The van der Waals surface area contributed by atoms with Crippen LogP contribution in [0, 0.1) is 0 Å². The first-order chi connectivity index (χ1) is 15.6. The molecule has 0 aliphatic rings. The first kappa shape index (κ1) is 35.4. The number of nitrogens with one attached hydrogen (secondary N) is 1. The van der Waals surface area contributed by atoms with Crippen molar-refractivity contribution in [1.82, 2.24) is 5.32 Å². The average Bonchev–Trinajstić information content (AvgIpc) is 2.65. The first-order valence-electron chi connectivity index (χ1n) is 8.37. The van der Waals surface area contributed by atoms with Crippen molar-refractivity contribution in [2.45, 2.75) is 78.6 Å². The maximum absolute atomic E-state index is 13.6. The van der Waals surface area contributed by atoms with E-state index < -0.39 is 70.6 Å². The normalized spacial score (nSPS) is 16.3. The molecule has 0 aromatic rings. The van der Waals surface area contributed by atoms with Gasteiger partial charge in [-0.05, 0) is 25.4 Å². The fourth-order valence-electron chi connectivity index (χ4n) is 2.05. The minimum absolute atomic E-state index is 0.635. The number of amides is 1. The van der Waals surface area contributed by atoms with Gasteiger partial charge in [0.2, 0.25) is 0 Å². The second-order valence-electron chi connectivity index (χ2n) is 7.30. The standard InChI is InChI=1S/C14H8ClF20NO/c1-3(2)36-4(37)5(16,17)6(18,19)7(20,21)8(22,23)9(24,25)10(26,27)11(28,29)12(30,31)13(32,33)14(15,34)35/h3H,1-2H3,(H,36,37). The molecule has 0 aliphatic carbocycles. The fourth-order valence-corrected chi connectivity index (χ4v) is 2.17. The summed E-state index contributed by atoms with van der Waals surface area (Å²) in [5.74, 6) is -80.9. The van der Waals surface area contributed by atoms with Crippen LogP contribution in [0.4, 0.5) is 87.8 Å². The second kappa shape index (κ2) is 8.95. The van der Waals surface area contributed by atoms with E-state index in [-0.39, 0.29) is 0 Å². The van der Waals surface area contributed by atoms with E-state index in [4.69, 9.17) is 0 Å². The van der Waals surface area contributed by atoms with Crippen molar-refractivity contribution in [2.75, 3.05) is 0 Å². The van der Waals surface area contributed by atoms with Gasteiger partial charge in [0.1, 0.15) is 0 Å². The number of hydrogen-bond donors (Lipinski definition) is 1.